The molecule has 0 bridgehead atoms. The Hall–Kier alpha value is -2.73. The van der Waals surface area contributed by atoms with E-state index in [-0.39, 0.29) is 17.3 Å². The average Bonchev–Trinajstić information content (AvgIpc) is 2.94. The summed E-state index contributed by atoms with van der Waals surface area (Å²) in [6.45, 7) is 2.09. The van der Waals surface area contributed by atoms with Crippen LogP contribution in [0.2, 0.25) is 5.02 Å². The molecule has 7 heteroatoms. The van der Waals surface area contributed by atoms with Crippen molar-refractivity contribution in [3.8, 4) is 11.3 Å². The lowest BCUT2D eigenvalue weighted by Crippen LogP contribution is -2.07. The molecule has 24 heavy (non-hydrogen) atoms. The Morgan fingerprint density at radius 1 is 1.29 bits per heavy atom. The Balaban J connectivity index is 2.10. The SMILES string of the molecule is Cc1cccc(-c2c(C(=O)O)nnn2Cc2ccc(F)cc2Cl)c1. The van der Waals surface area contributed by atoms with Gasteiger partial charge in [0.1, 0.15) is 11.5 Å². The minimum absolute atomic E-state index is 0.140. The maximum atomic E-state index is 13.2. The molecule has 5 nitrogen and oxygen atoms in total. The predicted octanol–water partition coefficient (Wildman–Crippen LogP) is 3.79. The maximum Gasteiger partial charge on any atom is 0.358 e. The quantitative estimate of drug-likeness (QED) is 0.781. The standard InChI is InChI=1S/C17H13ClFN3O2/c1-10-3-2-4-11(7-10)16-15(17(23)24)20-21-22(16)9-12-5-6-13(19)8-14(12)18/h2-8H,9H2,1H3,(H,23,24). The fourth-order valence-electron chi connectivity index (χ4n) is 2.46. The molecule has 122 valence electrons. The van der Waals surface area contributed by atoms with Crippen molar-refractivity contribution in [3.05, 3.63) is 70.1 Å². The van der Waals surface area contributed by atoms with E-state index in [0.29, 0.717) is 16.8 Å². The lowest BCUT2D eigenvalue weighted by atomic mass is 10.1. The van der Waals surface area contributed by atoms with Crippen LogP contribution in [0.25, 0.3) is 11.3 Å². The van der Waals surface area contributed by atoms with Crippen LogP contribution in [0, 0.1) is 12.7 Å². The first-order chi connectivity index (χ1) is 11.5. The highest BCUT2D eigenvalue weighted by Crippen LogP contribution is 2.26. The molecule has 1 heterocycles. The van der Waals surface area contributed by atoms with Crippen molar-refractivity contribution >= 4 is 17.6 Å². The molecule has 0 unspecified atom stereocenters. The van der Waals surface area contributed by atoms with Gasteiger partial charge in [-0.25, -0.2) is 13.9 Å². The van der Waals surface area contributed by atoms with Crippen LogP contribution < -0.4 is 0 Å². The summed E-state index contributed by atoms with van der Waals surface area (Å²) in [7, 11) is 0. The van der Waals surface area contributed by atoms with Gasteiger partial charge in [0, 0.05) is 10.6 Å². The Kier molecular flexibility index (Phi) is 4.31. The van der Waals surface area contributed by atoms with Gasteiger partial charge in [-0.05, 0) is 30.7 Å². The van der Waals surface area contributed by atoms with Gasteiger partial charge in [-0.1, -0.05) is 46.6 Å². The minimum Gasteiger partial charge on any atom is -0.476 e. The molecule has 0 aliphatic rings. The van der Waals surface area contributed by atoms with Crippen molar-refractivity contribution < 1.29 is 14.3 Å². The molecular formula is C17H13ClFN3O2. The van der Waals surface area contributed by atoms with Gasteiger partial charge < -0.3 is 5.11 Å². The van der Waals surface area contributed by atoms with E-state index in [4.69, 9.17) is 11.6 Å². The lowest BCUT2D eigenvalue weighted by Gasteiger charge is -2.09. The Morgan fingerprint density at radius 3 is 2.75 bits per heavy atom. The van der Waals surface area contributed by atoms with Crippen LogP contribution in [-0.2, 0) is 6.54 Å². The monoisotopic (exact) mass is 345 g/mol. The summed E-state index contributed by atoms with van der Waals surface area (Å²) in [6, 6.07) is 11.4. The molecule has 1 N–H and O–H groups in total. The smallest absolute Gasteiger partial charge is 0.358 e. The minimum atomic E-state index is -1.16. The van der Waals surface area contributed by atoms with Crippen molar-refractivity contribution in [3.63, 3.8) is 0 Å². The normalized spacial score (nSPS) is 10.8. The molecule has 0 fully saturated rings. The highest BCUT2D eigenvalue weighted by Gasteiger charge is 2.21. The number of halogens is 2. The van der Waals surface area contributed by atoms with Gasteiger partial charge in [0.15, 0.2) is 5.69 Å². The summed E-state index contributed by atoms with van der Waals surface area (Å²) >= 11 is 6.05. The van der Waals surface area contributed by atoms with Crippen molar-refractivity contribution in [2.45, 2.75) is 13.5 Å². The number of carboxylic acids is 1. The van der Waals surface area contributed by atoms with Crippen molar-refractivity contribution in [2.75, 3.05) is 0 Å². The van der Waals surface area contributed by atoms with Gasteiger partial charge in [-0.3, -0.25) is 0 Å². The van der Waals surface area contributed by atoms with Gasteiger partial charge in [-0.15, -0.1) is 5.10 Å². The lowest BCUT2D eigenvalue weighted by molar-refractivity contribution is 0.0691. The molecular weight excluding hydrogens is 333 g/mol. The summed E-state index contributed by atoms with van der Waals surface area (Å²) in [5, 5.41) is 17.3. The van der Waals surface area contributed by atoms with Gasteiger partial charge >= 0.3 is 5.97 Å². The van der Waals surface area contributed by atoms with Crippen molar-refractivity contribution in [2.24, 2.45) is 0 Å². The number of aryl methyl sites for hydroxylation is 1. The molecule has 0 saturated carbocycles. The molecule has 0 aliphatic carbocycles. The number of aromatic carboxylic acids is 1. The zero-order valence-electron chi connectivity index (χ0n) is 12.7. The number of hydrogen-bond donors (Lipinski definition) is 1. The van der Waals surface area contributed by atoms with Crippen molar-refractivity contribution in [1.82, 2.24) is 15.0 Å². The van der Waals surface area contributed by atoms with E-state index in [0.717, 1.165) is 5.56 Å². The summed E-state index contributed by atoms with van der Waals surface area (Å²) in [5.41, 5.74) is 2.53. The summed E-state index contributed by atoms with van der Waals surface area (Å²) < 4.78 is 14.6. The molecule has 0 radical (unpaired) electrons. The third kappa shape index (κ3) is 3.14. The van der Waals surface area contributed by atoms with Crippen LogP contribution in [0.5, 0.6) is 0 Å². The van der Waals surface area contributed by atoms with Crippen LogP contribution in [0.3, 0.4) is 0 Å². The van der Waals surface area contributed by atoms with E-state index in [1.165, 1.54) is 16.8 Å². The number of benzene rings is 2. The molecule has 0 saturated heterocycles. The van der Waals surface area contributed by atoms with Crippen LogP contribution in [-0.4, -0.2) is 26.1 Å². The number of carbonyl (C=O) groups is 1. The molecule has 1 aromatic heterocycles. The second-order valence-corrected chi connectivity index (χ2v) is 5.76. The van der Waals surface area contributed by atoms with Gasteiger partial charge in [0.05, 0.1) is 6.54 Å². The average molecular weight is 346 g/mol. The third-order valence-electron chi connectivity index (χ3n) is 3.56. The first-order valence-corrected chi connectivity index (χ1v) is 7.51. The Morgan fingerprint density at radius 2 is 2.08 bits per heavy atom. The zero-order chi connectivity index (χ0) is 17.3. The van der Waals surface area contributed by atoms with Crippen LogP contribution in [0.4, 0.5) is 4.39 Å². The number of rotatable bonds is 4. The second kappa shape index (κ2) is 6.41. The number of nitrogens with zero attached hydrogens (tertiary/aromatic N) is 3. The van der Waals surface area contributed by atoms with E-state index in [1.807, 2.05) is 25.1 Å². The fraction of sp³-hybridized carbons (Fsp3) is 0.118. The van der Waals surface area contributed by atoms with Crippen LogP contribution in [0.15, 0.2) is 42.5 Å². The number of carboxylic acid groups (broad SMARTS) is 1. The third-order valence-corrected chi connectivity index (χ3v) is 3.92. The number of aromatic nitrogens is 3. The highest BCUT2D eigenvalue weighted by atomic mass is 35.5. The van der Waals surface area contributed by atoms with Gasteiger partial charge in [0.2, 0.25) is 0 Å². The molecule has 0 aliphatic heterocycles. The Labute approximate surface area is 142 Å². The van der Waals surface area contributed by atoms with Crippen LogP contribution in [0.1, 0.15) is 21.6 Å². The molecule has 3 rings (SSSR count). The summed E-state index contributed by atoms with van der Waals surface area (Å²) in [6.07, 6.45) is 0. The first-order valence-electron chi connectivity index (χ1n) is 7.13. The second-order valence-electron chi connectivity index (χ2n) is 5.35. The van der Waals surface area contributed by atoms with E-state index >= 15 is 0 Å². The topological polar surface area (TPSA) is 68.0 Å². The molecule has 0 atom stereocenters. The van der Waals surface area contributed by atoms with Crippen LogP contribution >= 0.6 is 11.6 Å². The predicted molar refractivity (Wildman–Crippen MR) is 87.7 cm³/mol. The fourth-order valence-corrected chi connectivity index (χ4v) is 2.68. The molecule has 0 spiro atoms. The maximum absolute atomic E-state index is 13.2. The Bertz CT molecular complexity index is 924. The van der Waals surface area contributed by atoms with E-state index in [2.05, 4.69) is 10.3 Å². The summed E-state index contributed by atoms with van der Waals surface area (Å²) in [4.78, 5) is 11.5. The first kappa shape index (κ1) is 16.1. The molecule has 0 amide bonds. The highest BCUT2D eigenvalue weighted by molar-refractivity contribution is 6.31. The zero-order valence-corrected chi connectivity index (χ0v) is 13.5. The van der Waals surface area contributed by atoms with E-state index in [9.17, 15) is 14.3 Å². The summed E-state index contributed by atoms with van der Waals surface area (Å²) in [5.74, 6) is -1.60. The van der Waals surface area contributed by atoms with Crippen molar-refractivity contribution in [1.29, 1.82) is 0 Å². The molecule has 3 aromatic rings. The van der Waals surface area contributed by atoms with Gasteiger partial charge in [-0.2, -0.15) is 0 Å². The molecule has 2 aromatic carbocycles. The van der Waals surface area contributed by atoms with Gasteiger partial charge in [0.25, 0.3) is 0 Å². The largest absolute Gasteiger partial charge is 0.476 e. The van der Waals surface area contributed by atoms with E-state index < -0.39 is 11.8 Å². The number of hydrogen-bond acceptors (Lipinski definition) is 3. The van der Waals surface area contributed by atoms with E-state index in [1.54, 1.807) is 12.1 Å².